The molecule has 0 aliphatic heterocycles. The monoisotopic (exact) mass is 262 g/mol. The number of aliphatic hydroxyl groups is 2. The average molecular weight is 262 g/mol. The number of hydrogen-bond donors (Lipinski definition) is 2. The van der Waals surface area contributed by atoms with Gasteiger partial charge in [0.05, 0.1) is 0 Å². The van der Waals surface area contributed by atoms with Crippen LogP contribution in [-0.2, 0) is 0 Å². The van der Waals surface area contributed by atoms with Crippen LogP contribution < -0.4 is 0 Å². The molecule has 0 bridgehead atoms. The Kier molecular flexibility index (Phi) is 9.77. The molecule has 0 saturated heterocycles. The van der Waals surface area contributed by atoms with E-state index in [9.17, 15) is 10.2 Å². The van der Waals surface area contributed by atoms with Crippen LogP contribution in [0.1, 0.15) is 20.8 Å². The van der Waals surface area contributed by atoms with Gasteiger partial charge >= 0.3 is 0 Å². The Morgan fingerprint density at radius 1 is 0.789 bits per heavy atom. The van der Waals surface area contributed by atoms with Gasteiger partial charge in [-0.25, -0.2) is 0 Å². The summed E-state index contributed by atoms with van der Waals surface area (Å²) in [5.41, 5.74) is 0. The molecule has 106 valence electrons. The second kappa shape index (κ2) is 10.5. The Labute approximate surface area is 117 Å². The summed E-state index contributed by atoms with van der Waals surface area (Å²) in [5.74, 6) is 1.01. The molecular weight excluding hydrogens is 236 g/mol. The standard InChI is InChI=1S/C17H26O2/c1-5-11-14(3)15(4)12-9-7-8-10-13-17(19)16(18)6-2/h5-19H,2H2,1,3-4H3/b8-7+,11-5+,12-9+,13-10+/t14-,15-,16-,17-/m1/s1. The van der Waals surface area contributed by atoms with Crippen molar-refractivity contribution in [3.8, 4) is 0 Å². The van der Waals surface area contributed by atoms with Crippen molar-refractivity contribution < 1.29 is 10.2 Å². The molecule has 2 N–H and O–H groups in total. The highest BCUT2D eigenvalue weighted by atomic mass is 16.3. The quantitative estimate of drug-likeness (QED) is 0.520. The van der Waals surface area contributed by atoms with E-state index in [2.05, 4.69) is 38.7 Å². The van der Waals surface area contributed by atoms with Gasteiger partial charge in [0.1, 0.15) is 12.2 Å². The molecule has 0 fully saturated rings. The van der Waals surface area contributed by atoms with Crippen LogP contribution in [0.5, 0.6) is 0 Å². The maximum atomic E-state index is 9.43. The van der Waals surface area contributed by atoms with E-state index >= 15 is 0 Å². The zero-order valence-electron chi connectivity index (χ0n) is 12.1. The van der Waals surface area contributed by atoms with E-state index in [1.165, 1.54) is 12.2 Å². The summed E-state index contributed by atoms with van der Waals surface area (Å²) in [4.78, 5) is 0. The molecule has 0 aromatic carbocycles. The van der Waals surface area contributed by atoms with Gasteiger partial charge in [-0.15, -0.1) is 6.58 Å². The molecule has 0 aromatic heterocycles. The third-order valence-corrected chi connectivity index (χ3v) is 2.97. The summed E-state index contributed by atoms with van der Waals surface area (Å²) in [6.07, 6.45) is 14.8. The highest BCUT2D eigenvalue weighted by Gasteiger charge is 2.06. The molecule has 0 heterocycles. The third kappa shape index (κ3) is 8.36. The Balaban J connectivity index is 4.15. The van der Waals surface area contributed by atoms with Crippen LogP contribution in [0, 0.1) is 11.8 Å². The van der Waals surface area contributed by atoms with Crippen LogP contribution in [0.3, 0.4) is 0 Å². The molecule has 0 saturated carbocycles. The van der Waals surface area contributed by atoms with Gasteiger partial charge in [0, 0.05) is 0 Å². The molecule has 0 aliphatic rings. The predicted octanol–water partition coefficient (Wildman–Crippen LogP) is 3.41. The minimum Gasteiger partial charge on any atom is -0.386 e. The van der Waals surface area contributed by atoms with Crippen LogP contribution in [0.4, 0.5) is 0 Å². The van der Waals surface area contributed by atoms with Crippen molar-refractivity contribution in [1.29, 1.82) is 0 Å². The zero-order chi connectivity index (χ0) is 14.7. The second-order valence-electron chi connectivity index (χ2n) is 4.62. The van der Waals surface area contributed by atoms with E-state index in [4.69, 9.17) is 0 Å². The van der Waals surface area contributed by atoms with Crippen molar-refractivity contribution in [2.24, 2.45) is 11.8 Å². The van der Waals surface area contributed by atoms with E-state index < -0.39 is 12.2 Å². The Morgan fingerprint density at radius 2 is 1.32 bits per heavy atom. The molecule has 2 nitrogen and oxygen atoms in total. The van der Waals surface area contributed by atoms with Crippen LogP contribution >= 0.6 is 0 Å². The summed E-state index contributed by atoms with van der Waals surface area (Å²) in [7, 11) is 0. The fourth-order valence-electron chi connectivity index (χ4n) is 1.45. The normalized spacial score (nSPS) is 19.4. The van der Waals surface area contributed by atoms with Gasteiger partial charge in [-0.1, -0.05) is 68.5 Å². The van der Waals surface area contributed by atoms with Gasteiger partial charge < -0.3 is 10.2 Å². The summed E-state index contributed by atoms with van der Waals surface area (Å²) >= 11 is 0. The second-order valence-corrected chi connectivity index (χ2v) is 4.62. The fourth-order valence-corrected chi connectivity index (χ4v) is 1.45. The molecular formula is C17H26O2. The van der Waals surface area contributed by atoms with Crippen LogP contribution in [0.25, 0.3) is 0 Å². The van der Waals surface area contributed by atoms with Crippen LogP contribution in [0.2, 0.25) is 0 Å². The largest absolute Gasteiger partial charge is 0.386 e. The smallest absolute Gasteiger partial charge is 0.102 e. The van der Waals surface area contributed by atoms with E-state index in [0.717, 1.165) is 0 Å². The van der Waals surface area contributed by atoms with Gasteiger partial charge in [-0.3, -0.25) is 0 Å². The van der Waals surface area contributed by atoms with Crippen molar-refractivity contribution in [2.45, 2.75) is 33.0 Å². The number of rotatable bonds is 8. The van der Waals surface area contributed by atoms with Gasteiger partial charge in [-0.2, -0.15) is 0 Å². The third-order valence-electron chi connectivity index (χ3n) is 2.97. The molecule has 0 spiro atoms. The first-order chi connectivity index (χ1) is 9.02. The first-order valence-corrected chi connectivity index (χ1v) is 6.66. The lowest BCUT2D eigenvalue weighted by atomic mass is 9.95. The molecule has 0 amide bonds. The average Bonchev–Trinajstić information content (AvgIpc) is 2.41. The highest BCUT2D eigenvalue weighted by molar-refractivity contribution is 5.14. The number of aliphatic hydroxyl groups excluding tert-OH is 2. The minimum absolute atomic E-state index is 0.484. The highest BCUT2D eigenvalue weighted by Crippen LogP contribution is 2.13. The van der Waals surface area contributed by atoms with Crippen molar-refractivity contribution >= 4 is 0 Å². The van der Waals surface area contributed by atoms with Crippen LogP contribution in [-0.4, -0.2) is 22.4 Å². The van der Waals surface area contributed by atoms with E-state index in [0.29, 0.717) is 11.8 Å². The lowest BCUT2D eigenvalue weighted by Gasteiger charge is -2.10. The van der Waals surface area contributed by atoms with Gasteiger partial charge in [-0.05, 0) is 18.8 Å². The summed E-state index contributed by atoms with van der Waals surface area (Å²) in [6, 6.07) is 0. The van der Waals surface area contributed by atoms with E-state index in [-0.39, 0.29) is 0 Å². The first-order valence-electron chi connectivity index (χ1n) is 6.66. The molecule has 0 unspecified atom stereocenters. The lowest BCUT2D eigenvalue weighted by molar-refractivity contribution is 0.0811. The maximum Gasteiger partial charge on any atom is 0.102 e. The molecule has 0 aliphatic carbocycles. The van der Waals surface area contributed by atoms with E-state index in [1.54, 1.807) is 6.08 Å². The van der Waals surface area contributed by atoms with Crippen LogP contribution in [0.15, 0.2) is 61.3 Å². The molecule has 4 atom stereocenters. The van der Waals surface area contributed by atoms with E-state index in [1.807, 2.05) is 25.2 Å². The summed E-state index contributed by atoms with van der Waals surface area (Å²) in [6.45, 7) is 9.80. The molecule has 0 radical (unpaired) electrons. The topological polar surface area (TPSA) is 40.5 Å². The van der Waals surface area contributed by atoms with Crippen molar-refractivity contribution in [3.63, 3.8) is 0 Å². The van der Waals surface area contributed by atoms with Gasteiger partial charge in [0.2, 0.25) is 0 Å². The lowest BCUT2D eigenvalue weighted by Crippen LogP contribution is -2.20. The number of allylic oxidation sites excluding steroid dienone is 7. The van der Waals surface area contributed by atoms with Gasteiger partial charge in [0.25, 0.3) is 0 Å². The minimum atomic E-state index is -0.915. The zero-order valence-corrected chi connectivity index (χ0v) is 12.1. The van der Waals surface area contributed by atoms with Gasteiger partial charge in [0.15, 0.2) is 0 Å². The number of hydrogen-bond acceptors (Lipinski definition) is 2. The Morgan fingerprint density at radius 3 is 1.84 bits per heavy atom. The van der Waals surface area contributed by atoms with Crippen molar-refractivity contribution in [3.05, 3.63) is 61.3 Å². The Hall–Kier alpha value is -1.38. The summed E-state index contributed by atoms with van der Waals surface area (Å²) in [5, 5.41) is 18.7. The van der Waals surface area contributed by atoms with Crippen molar-refractivity contribution in [1.82, 2.24) is 0 Å². The first kappa shape index (κ1) is 17.6. The molecule has 0 aromatic rings. The maximum absolute atomic E-state index is 9.43. The summed E-state index contributed by atoms with van der Waals surface area (Å²) < 4.78 is 0. The van der Waals surface area contributed by atoms with Crippen molar-refractivity contribution in [2.75, 3.05) is 0 Å². The molecule has 19 heavy (non-hydrogen) atoms. The predicted molar refractivity (Wildman–Crippen MR) is 82.8 cm³/mol. The SMILES string of the molecule is C=C[C@@H](O)[C@H](O)/C=C/C=C/C=C/[C@@H](C)[C@H](C)/C=C/C. The molecule has 0 rings (SSSR count). The Bertz CT molecular complexity index is 350. The molecule has 2 heteroatoms. The fraction of sp³-hybridized carbons (Fsp3) is 0.412.